The minimum atomic E-state index is -0.648. The first kappa shape index (κ1) is 25.8. The van der Waals surface area contributed by atoms with Gasteiger partial charge in [-0.15, -0.1) is 11.8 Å². The zero-order valence-electron chi connectivity index (χ0n) is 19.9. The maximum atomic E-state index is 13.0. The Morgan fingerprint density at radius 1 is 1.00 bits per heavy atom. The second-order valence-corrected chi connectivity index (χ2v) is 8.71. The first-order valence-electron chi connectivity index (χ1n) is 11.1. The maximum Gasteiger partial charge on any atom is 0.339 e. The molecule has 2 N–H and O–H groups in total. The van der Waals surface area contributed by atoms with E-state index < -0.39 is 5.97 Å². The Hall–Kier alpha value is -3.79. The summed E-state index contributed by atoms with van der Waals surface area (Å²) in [7, 11) is 1.75. The van der Waals surface area contributed by atoms with Crippen LogP contribution in [0.5, 0.6) is 0 Å². The number of hydrogen-bond acceptors (Lipinski definition) is 6. The molecule has 10 heteroatoms. The minimum Gasteiger partial charge on any atom is -0.452 e. The molecule has 3 rings (SSSR count). The maximum absolute atomic E-state index is 13.0. The summed E-state index contributed by atoms with van der Waals surface area (Å²) in [6.07, 6.45) is 0.782. The summed E-state index contributed by atoms with van der Waals surface area (Å²) in [4.78, 5) is 50.4. The van der Waals surface area contributed by atoms with E-state index >= 15 is 0 Å². The zero-order valence-corrected chi connectivity index (χ0v) is 20.7. The van der Waals surface area contributed by atoms with E-state index in [0.29, 0.717) is 22.8 Å². The number of esters is 1. The first-order valence-corrected chi connectivity index (χ1v) is 12.1. The van der Waals surface area contributed by atoms with Crippen LogP contribution in [0.25, 0.3) is 5.69 Å². The van der Waals surface area contributed by atoms with Crippen LogP contribution in [-0.4, -0.2) is 46.1 Å². The third kappa shape index (κ3) is 6.42. The van der Waals surface area contributed by atoms with Crippen molar-refractivity contribution in [3.63, 3.8) is 0 Å². The highest BCUT2D eigenvalue weighted by atomic mass is 32.2. The zero-order chi connectivity index (χ0) is 25.4. The normalized spacial score (nSPS) is 10.6. The van der Waals surface area contributed by atoms with Crippen LogP contribution in [0, 0.1) is 6.92 Å². The summed E-state index contributed by atoms with van der Waals surface area (Å²) in [6, 6.07) is 15.8. The summed E-state index contributed by atoms with van der Waals surface area (Å²) in [5.41, 5.74) is 1.43. The molecule has 9 nitrogen and oxygen atoms in total. The highest BCUT2D eigenvalue weighted by molar-refractivity contribution is 8.00. The SMILES string of the molecule is CCCNC(=O)COC(=O)c1ccccc1SCC(=O)Nc1c(C)n(C)n(-c2ccccc2)c1=O. The van der Waals surface area contributed by atoms with E-state index in [-0.39, 0.29) is 41.0 Å². The molecule has 0 unspecified atom stereocenters. The fraction of sp³-hybridized carbons (Fsp3) is 0.280. The molecule has 0 aliphatic rings. The highest BCUT2D eigenvalue weighted by Crippen LogP contribution is 2.24. The van der Waals surface area contributed by atoms with Crippen molar-refractivity contribution in [1.29, 1.82) is 0 Å². The Labute approximate surface area is 207 Å². The molecule has 0 aliphatic heterocycles. The monoisotopic (exact) mass is 496 g/mol. The Kier molecular flexibility index (Phi) is 8.91. The molecular formula is C25H28N4O5S. The van der Waals surface area contributed by atoms with Gasteiger partial charge in [-0.05, 0) is 37.6 Å². The Balaban J connectivity index is 1.66. The molecule has 1 heterocycles. The fourth-order valence-electron chi connectivity index (χ4n) is 3.32. The number of hydrogen-bond donors (Lipinski definition) is 2. The standard InChI is InChI=1S/C25H28N4O5S/c1-4-14-26-21(30)15-34-25(33)19-12-8-9-13-20(19)35-16-22(31)27-23-17(2)28(3)29(24(23)32)18-10-6-5-7-11-18/h5-13H,4,14-16H2,1-3H3,(H,26,30)(H,27,31). The van der Waals surface area contributed by atoms with Crippen LogP contribution >= 0.6 is 11.8 Å². The number of aromatic nitrogens is 2. The molecule has 0 bridgehead atoms. The van der Waals surface area contributed by atoms with Gasteiger partial charge in [0.05, 0.1) is 22.7 Å². The third-order valence-corrected chi connectivity index (χ3v) is 6.26. The molecule has 2 aromatic carbocycles. The van der Waals surface area contributed by atoms with E-state index in [4.69, 9.17) is 4.74 Å². The predicted molar refractivity (Wildman–Crippen MR) is 135 cm³/mol. The quantitative estimate of drug-likeness (QED) is 0.330. The topological polar surface area (TPSA) is 111 Å². The molecule has 184 valence electrons. The van der Waals surface area contributed by atoms with E-state index in [1.54, 1.807) is 42.9 Å². The van der Waals surface area contributed by atoms with Gasteiger partial charge in [0.1, 0.15) is 5.69 Å². The lowest BCUT2D eigenvalue weighted by Gasteiger charge is -2.10. The largest absolute Gasteiger partial charge is 0.452 e. The first-order chi connectivity index (χ1) is 16.8. The number of carbonyl (C=O) groups excluding carboxylic acids is 3. The molecule has 0 saturated heterocycles. The average Bonchev–Trinajstić information content (AvgIpc) is 3.08. The van der Waals surface area contributed by atoms with Crippen molar-refractivity contribution in [2.75, 3.05) is 24.2 Å². The van der Waals surface area contributed by atoms with Gasteiger partial charge in [-0.2, -0.15) is 0 Å². The molecule has 3 aromatic rings. The second-order valence-electron chi connectivity index (χ2n) is 7.70. The summed E-state index contributed by atoms with van der Waals surface area (Å²) in [5.74, 6) is -1.43. The number of nitrogens with zero attached hydrogens (tertiary/aromatic N) is 2. The van der Waals surface area contributed by atoms with Crippen LogP contribution in [0.15, 0.2) is 64.3 Å². The molecule has 0 radical (unpaired) electrons. The van der Waals surface area contributed by atoms with Crippen LogP contribution in [0.1, 0.15) is 29.4 Å². The molecule has 0 fully saturated rings. The van der Waals surface area contributed by atoms with Crippen molar-refractivity contribution in [2.24, 2.45) is 7.05 Å². The van der Waals surface area contributed by atoms with Crippen LogP contribution < -0.4 is 16.2 Å². The van der Waals surface area contributed by atoms with Crippen molar-refractivity contribution in [1.82, 2.24) is 14.7 Å². The number of ether oxygens (including phenoxy) is 1. The van der Waals surface area contributed by atoms with Gasteiger partial charge in [0.15, 0.2) is 6.61 Å². The molecule has 0 aliphatic carbocycles. The molecule has 0 spiro atoms. The molecule has 35 heavy (non-hydrogen) atoms. The van der Waals surface area contributed by atoms with Crippen molar-refractivity contribution in [3.8, 4) is 5.69 Å². The second kappa shape index (κ2) is 12.1. The number of anilines is 1. The highest BCUT2D eigenvalue weighted by Gasteiger charge is 2.19. The van der Waals surface area contributed by atoms with Gasteiger partial charge >= 0.3 is 5.97 Å². The number of para-hydroxylation sites is 1. The number of carbonyl (C=O) groups is 3. The Bertz CT molecular complexity index is 1270. The number of nitrogens with one attached hydrogen (secondary N) is 2. The predicted octanol–water partition coefficient (Wildman–Crippen LogP) is 2.90. The van der Waals surface area contributed by atoms with Crippen LogP contribution in [-0.2, 0) is 21.4 Å². The van der Waals surface area contributed by atoms with Crippen molar-refractivity contribution in [3.05, 3.63) is 76.2 Å². The van der Waals surface area contributed by atoms with Crippen LogP contribution in [0.4, 0.5) is 5.69 Å². The number of rotatable bonds is 10. The number of benzene rings is 2. The Morgan fingerprint density at radius 2 is 1.69 bits per heavy atom. The number of thioether (sulfide) groups is 1. The van der Waals surface area contributed by atoms with E-state index in [1.165, 1.54) is 4.68 Å². The lowest BCUT2D eigenvalue weighted by atomic mass is 10.2. The van der Waals surface area contributed by atoms with Gasteiger partial charge in [-0.25, -0.2) is 9.48 Å². The summed E-state index contributed by atoms with van der Waals surface area (Å²) < 4.78 is 8.28. The summed E-state index contributed by atoms with van der Waals surface area (Å²) >= 11 is 1.14. The third-order valence-electron chi connectivity index (χ3n) is 5.19. The van der Waals surface area contributed by atoms with E-state index in [1.807, 2.05) is 37.3 Å². The van der Waals surface area contributed by atoms with E-state index in [0.717, 1.165) is 18.2 Å². The lowest BCUT2D eigenvalue weighted by Crippen LogP contribution is -2.29. The molecular weight excluding hydrogens is 468 g/mol. The van der Waals surface area contributed by atoms with Gasteiger partial charge in [-0.3, -0.25) is 19.1 Å². The van der Waals surface area contributed by atoms with Gasteiger partial charge in [-0.1, -0.05) is 37.3 Å². The van der Waals surface area contributed by atoms with Crippen molar-refractivity contribution < 1.29 is 19.1 Å². The van der Waals surface area contributed by atoms with Crippen LogP contribution in [0.3, 0.4) is 0 Å². The molecule has 1 aromatic heterocycles. The number of amides is 2. The fourth-order valence-corrected chi connectivity index (χ4v) is 4.16. The van der Waals surface area contributed by atoms with Gasteiger partial charge in [0.2, 0.25) is 5.91 Å². The molecule has 0 saturated carbocycles. The van der Waals surface area contributed by atoms with Crippen LogP contribution in [0.2, 0.25) is 0 Å². The average molecular weight is 497 g/mol. The molecule has 0 atom stereocenters. The summed E-state index contributed by atoms with van der Waals surface area (Å²) in [6.45, 7) is 3.81. The molecule has 2 amide bonds. The van der Waals surface area contributed by atoms with Gasteiger partial charge in [0, 0.05) is 18.5 Å². The minimum absolute atomic E-state index is 0.0274. The van der Waals surface area contributed by atoms with Gasteiger partial charge in [0.25, 0.3) is 11.5 Å². The lowest BCUT2D eigenvalue weighted by molar-refractivity contribution is -0.124. The Morgan fingerprint density at radius 3 is 2.40 bits per heavy atom. The summed E-state index contributed by atoms with van der Waals surface area (Å²) in [5, 5.41) is 5.34. The van der Waals surface area contributed by atoms with E-state index in [9.17, 15) is 19.2 Å². The van der Waals surface area contributed by atoms with Crippen molar-refractivity contribution in [2.45, 2.75) is 25.2 Å². The smallest absolute Gasteiger partial charge is 0.339 e. The van der Waals surface area contributed by atoms with Crippen molar-refractivity contribution >= 4 is 35.2 Å². The van der Waals surface area contributed by atoms with E-state index in [2.05, 4.69) is 10.6 Å². The van der Waals surface area contributed by atoms with Gasteiger partial charge < -0.3 is 15.4 Å².